The minimum absolute atomic E-state index is 0.0172. The zero-order valence-electron chi connectivity index (χ0n) is 34.2. The lowest BCUT2D eigenvalue weighted by Crippen LogP contribution is -2.66. The van der Waals surface area contributed by atoms with Gasteiger partial charge >= 0.3 is 11.9 Å². The monoisotopic (exact) mass is 856 g/mol. The second-order valence-electron chi connectivity index (χ2n) is 16.0. The highest BCUT2D eigenvalue weighted by Gasteiger charge is 2.55. The summed E-state index contributed by atoms with van der Waals surface area (Å²) in [5, 5.41) is 83.0. The van der Waals surface area contributed by atoms with Crippen molar-refractivity contribution in [3.05, 3.63) is 18.2 Å². The fourth-order valence-corrected chi connectivity index (χ4v) is 7.11. The largest absolute Gasteiger partial charge is 0.481 e. The van der Waals surface area contributed by atoms with Gasteiger partial charge in [0.25, 0.3) is 0 Å². The molecule has 13 N–H and O–H groups in total. The SMILES string of the molecule is CC(C)CC(NC(=O)C(Cc1cnc[nH]1)NC(=O)C(N[C@@]1(CO)O[C@H](CO)[C@@H](O)[C@@H]1O)C(C)C)C(=O)NC(C(=O)N1CCC[C@H]1C(=O)NC(CCC(=O)O)C(=O)O)C(C)O. The summed E-state index contributed by atoms with van der Waals surface area (Å²) in [6.45, 7) is 6.40. The first-order valence-electron chi connectivity index (χ1n) is 19.8. The first-order chi connectivity index (χ1) is 28.2. The van der Waals surface area contributed by atoms with Crippen molar-refractivity contribution in [1.29, 1.82) is 0 Å². The summed E-state index contributed by atoms with van der Waals surface area (Å²) >= 11 is 0. The van der Waals surface area contributed by atoms with E-state index in [0.717, 1.165) is 4.90 Å². The third kappa shape index (κ3) is 12.9. The number of carbonyl (C=O) groups is 7. The number of hydrogen-bond acceptors (Lipinski definition) is 15. The van der Waals surface area contributed by atoms with Crippen molar-refractivity contribution in [2.24, 2.45) is 11.8 Å². The number of rotatable bonds is 23. The maximum atomic E-state index is 14.1. The topological polar surface area (TPSA) is 362 Å². The van der Waals surface area contributed by atoms with Crippen molar-refractivity contribution in [2.75, 3.05) is 19.8 Å². The average Bonchev–Trinajstić information content (AvgIpc) is 3.94. The van der Waals surface area contributed by atoms with E-state index in [4.69, 9.17) is 9.84 Å². The Morgan fingerprint density at radius 2 is 1.57 bits per heavy atom. The minimum Gasteiger partial charge on any atom is -0.481 e. The Bertz CT molecular complexity index is 1650. The van der Waals surface area contributed by atoms with Gasteiger partial charge in [-0.3, -0.25) is 34.1 Å². The van der Waals surface area contributed by atoms with Crippen LogP contribution in [0.2, 0.25) is 0 Å². The highest BCUT2D eigenvalue weighted by molar-refractivity contribution is 5.97. The molecule has 5 amide bonds. The van der Waals surface area contributed by atoms with Crippen LogP contribution >= 0.6 is 0 Å². The minimum atomic E-state index is -2.07. The van der Waals surface area contributed by atoms with Gasteiger partial charge in [0.2, 0.25) is 29.5 Å². The molecule has 23 heteroatoms. The molecule has 60 heavy (non-hydrogen) atoms. The van der Waals surface area contributed by atoms with Gasteiger partial charge in [-0.2, -0.15) is 0 Å². The van der Waals surface area contributed by atoms with Gasteiger partial charge in [0.15, 0.2) is 5.72 Å². The molecule has 1 aromatic heterocycles. The molecule has 0 spiro atoms. The van der Waals surface area contributed by atoms with E-state index >= 15 is 0 Å². The molecule has 3 heterocycles. The molecule has 0 saturated carbocycles. The van der Waals surface area contributed by atoms with Crippen LogP contribution in [0.1, 0.15) is 72.4 Å². The van der Waals surface area contributed by atoms with Crippen molar-refractivity contribution in [3.8, 4) is 0 Å². The van der Waals surface area contributed by atoms with Crippen LogP contribution in [-0.4, -0.2) is 178 Å². The number of amides is 5. The number of aliphatic carboxylic acids is 2. The molecular formula is C37H60N8O15. The number of imidazole rings is 1. The van der Waals surface area contributed by atoms with Gasteiger partial charge in [-0.15, -0.1) is 0 Å². The van der Waals surface area contributed by atoms with Crippen LogP contribution in [0.3, 0.4) is 0 Å². The molecule has 1 aromatic rings. The number of aromatic nitrogens is 2. The van der Waals surface area contributed by atoms with Crippen molar-refractivity contribution in [1.82, 2.24) is 41.5 Å². The van der Waals surface area contributed by atoms with E-state index in [9.17, 15) is 64.2 Å². The third-order valence-electron chi connectivity index (χ3n) is 10.4. The lowest BCUT2D eigenvalue weighted by molar-refractivity contribution is -0.153. The molecule has 2 aliphatic heterocycles. The fraction of sp³-hybridized carbons (Fsp3) is 0.730. The Labute approximate surface area is 346 Å². The number of aliphatic hydroxyl groups is 5. The van der Waals surface area contributed by atoms with E-state index in [0.29, 0.717) is 12.1 Å². The number of aliphatic hydroxyl groups excluding tert-OH is 5. The van der Waals surface area contributed by atoms with Crippen LogP contribution in [0.25, 0.3) is 0 Å². The lowest BCUT2D eigenvalue weighted by Gasteiger charge is -2.36. The van der Waals surface area contributed by atoms with Crippen LogP contribution in [0.5, 0.6) is 0 Å². The summed E-state index contributed by atoms with van der Waals surface area (Å²) in [6.07, 6.45) is -4.08. The Morgan fingerprint density at radius 3 is 2.08 bits per heavy atom. The molecule has 2 fully saturated rings. The maximum absolute atomic E-state index is 14.1. The van der Waals surface area contributed by atoms with E-state index in [-0.39, 0.29) is 31.7 Å². The second kappa shape index (κ2) is 22.2. The van der Waals surface area contributed by atoms with Crippen molar-refractivity contribution < 1.29 is 74.0 Å². The van der Waals surface area contributed by atoms with Gasteiger partial charge in [-0.25, -0.2) is 9.78 Å². The Morgan fingerprint density at radius 1 is 0.917 bits per heavy atom. The molecule has 6 unspecified atom stereocenters. The highest BCUT2D eigenvalue weighted by Crippen LogP contribution is 2.30. The number of nitrogens with zero attached hydrogens (tertiary/aromatic N) is 2. The summed E-state index contributed by atoms with van der Waals surface area (Å²) in [5.74, 6) is -7.80. The van der Waals surface area contributed by atoms with Crippen LogP contribution in [0.4, 0.5) is 0 Å². The standard InChI is InChI=1S/C37H60N8O15/c1-17(2)11-22(32(54)43-28(19(5)48)35(57)45-10-6-7-24(45)33(55)40-21(36(58)59)8-9-26(49)50)41-31(53)23(12-20-13-38-16-39-20)42-34(56)27(18(3)4)44-37(15-47)30(52)29(51)25(14-46)60-37/h13,16-19,21-25,27-30,44,46-48,51-52H,6-12,14-15H2,1-5H3,(H,38,39)(H,40,55)(H,41,53)(H,42,56)(H,43,54)(H,49,50)(H,58,59)/t19?,21?,22?,23?,24-,25+,27?,28?,29+,30-,37-/m0/s1. The number of carbonyl (C=O) groups excluding carboxylic acids is 5. The molecular weight excluding hydrogens is 796 g/mol. The van der Waals surface area contributed by atoms with E-state index in [1.54, 1.807) is 27.7 Å². The predicted octanol–water partition coefficient (Wildman–Crippen LogP) is -4.33. The van der Waals surface area contributed by atoms with E-state index < -0.39 is 140 Å². The van der Waals surface area contributed by atoms with Gasteiger partial charge < -0.3 is 71.6 Å². The normalized spacial score (nSPS) is 24.6. The quantitative estimate of drug-likeness (QED) is 0.0495. The molecule has 2 aliphatic rings. The highest BCUT2D eigenvalue weighted by atomic mass is 16.6. The first-order valence-corrected chi connectivity index (χ1v) is 19.8. The molecule has 0 aliphatic carbocycles. The molecule has 0 aromatic carbocycles. The summed E-state index contributed by atoms with van der Waals surface area (Å²) in [5.41, 5.74) is -1.66. The number of nitrogens with one attached hydrogen (secondary N) is 6. The predicted molar refractivity (Wildman–Crippen MR) is 206 cm³/mol. The number of carboxylic acids is 2. The number of carboxylic acid groups (broad SMARTS) is 2. The zero-order valence-corrected chi connectivity index (χ0v) is 34.2. The Kier molecular flexibility index (Phi) is 18.3. The smallest absolute Gasteiger partial charge is 0.326 e. The van der Waals surface area contributed by atoms with E-state index in [1.807, 2.05) is 0 Å². The molecule has 23 nitrogen and oxygen atoms in total. The van der Waals surface area contributed by atoms with Gasteiger partial charge in [0.05, 0.1) is 31.7 Å². The number of likely N-dealkylation sites (tertiary alicyclic amines) is 1. The van der Waals surface area contributed by atoms with E-state index in [1.165, 1.54) is 19.4 Å². The van der Waals surface area contributed by atoms with Crippen LogP contribution in [0.15, 0.2) is 12.5 Å². The maximum Gasteiger partial charge on any atom is 0.326 e. The van der Waals surface area contributed by atoms with Gasteiger partial charge in [0, 0.05) is 31.3 Å². The van der Waals surface area contributed by atoms with Crippen molar-refractivity contribution in [3.63, 3.8) is 0 Å². The number of aromatic amines is 1. The van der Waals surface area contributed by atoms with Gasteiger partial charge in [0.1, 0.15) is 48.5 Å². The summed E-state index contributed by atoms with van der Waals surface area (Å²) < 4.78 is 5.58. The van der Waals surface area contributed by atoms with E-state index in [2.05, 4.69) is 36.6 Å². The zero-order chi connectivity index (χ0) is 45.1. The van der Waals surface area contributed by atoms with Crippen LogP contribution in [-0.2, 0) is 44.7 Å². The second-order valence-corrected chi connectivity index (χ2v) is 16.0. The number of hydrogen-bond donors (Lipinski definition) is 13. The van der Waals surface area contributed by atoms with Gasteiger partial charge in [-0.05, 0) is 44.4 Å². The fourth-order valence-electron chi connectivity index (χ4n) is 7.11. The Hall–Kier alpha value is -4.78. The average molecular weight is 857 g/mol. The lowest BCUT2D eigenvalue weighted by atomic mass is 9.97. The van der Waals surface area contributed by atoms with Gasteiger partial charge in [-0.1, -0.05) is 27.7 Å². The first kappa shape index (κ1) is 49.6. The number of H-pyrrole nitrogens is 1. The summed E-state index contributed by atoms with van der Waals surface area (Å²) in [4.78, 5) is 99.6. The molecule has 338 valence electrons. The van der Waals surface area contributed by atoms with Crippen molar-refractivity contribution >= 4 is 41.5 Å². The molecule has 2 saturated heterocycles. The molecule has 11 atom stereocenters. The van der Waals surface area contributed by atoms with Crippen LogP contribution < -0.4 is 26.6 Å². The number of ether oxygens (including phenoxy) is 1. The Balaban J connectivity index is 1.83. The molecule has 0 radical (unpaired) electrons. The summed E-state index contributed by atoms with van der Waals surface area (Å²) in [7, 11) is 0. The molecule has 3 rings (SSSR count). The summed E-state index contributed by atoms with van der Waals surface area (Å²) in [6, 6.07) is -8.37. The molecule has 0 bridgehead atoms. The van der Waals surface area contributed by atoms with Crippen LogP contribution in [0, 0.1) is 11.8 Å². The van der Waals surface area contributed by atoms with Crippen molar-refractivity contribution in [2.45, 2.75) is 140 Å². The third-order valence-corrected chi connectivity index (χ3v) is 10.4.